The number of ketones is 1. The van der Waals surface area contributed by atoms with Crippen molar-refractivity contribution < 1.29 is 14.3 Å². The summed E-state index contributed by atoms with van der Waals surface area (Å²) in [5.41, 5.74) is 1.26. The van der Waals surface area contributed by atoms with E-state index in [-0.39, 0.29) is 11.3 Å². The molecule has 0 bridgehead atoms. The van der Waals surface area contributed by atoms with Crippen molar-refractivity contribution >= 4 is 51.5 Å². The van der Waals surface area contributed by atoms with Gasteiger partial charge in [0, 0.05) is 22.1 Å². The van der Waals surface area contributed by atoms with Crippen LogP contribution in [0.15, 0.2) is 42.6 Å². The minimum Gasteiger partial charge on any atom is -0.497 e. The van der Waals surface area contributed by atoms with Crippen LogP contribution in [0.3, 0.4) is 0 Å². The maximum Gasteiger partial charge on any atom is 0.296 e. The molecule has 0 spiro atoms. The molecule has 3 rings (SSSR count). The molecule has 0 atom stereocenters. The SMILES string of the molecule is COc1ccc2[nH]cc(C(=O)C(=O)Nc3cc(Cl)ccc3Cl)c2c1. The van der Waals surface area contributed by atoms with Gasteiger partial charge in [0.15, 0.2) is 0 Å². The zero-order chi connectivity index (χ0) is 17.3. The van der Waals surface area contributed by atoms with Crippen LogP contribution in [0, 0.1) is 0 Å². The van der Waals surface area contributed by atoms with Gasteiger partial charge in [-0.2, -0.15) is 0 Å². The number of H-pyrrole nitrogens is 1. The number of rotatable bonds is 4. The van der Waals surface area contributed by atoms with Crippen molar-refractivity contribution in [3.05, 3.63) is 58.2 Å². The fraction of sp³-hybridized carbons (Fsp3) is 0.0588. The van der Waals surface area contributed by atoms with Crippen LogP contribution in [0.2, 0.25) is 10.0 Å². The van der Waals surface area contributed by atoms with E-state index in [2.05, 4.69) is 10.3 Å². The van der Waals surface area contributed by atoms with E-state index in [0.717, 1.165) is 5.52 Å². The highest BCUT2D eigenvalue weighted by atomic mass is 35.5. The summed E-state index contributed by atoms with van der Waals surface area (Å²) < 4.78 is 5.15. The fourth-order valence-electron chi connectivity index (χ4n) is 2.31. The van der Waals surface area contributed by atoms with Gasteiger partial charge in [0.1, 0.15) is 5.75 Å². The molecule has 122 valence electrons. The molecule has 1 aromatic heterocycles. The Balaban J connectivity index is 1.91. The molecule has 0 aliphatic carbocycles. The largest absolute Gasteiger partial charge is 0.497 e. The van der Waals surface area contributed by atoms with Crippen LogP contribution in [0.5, 0.6) is 5.75 Å². The number of hydrogen-bond donors (Lipinski definition) is 2. The molecule has 0 aliphatic heterocycles. The van der Waals surface area contributed by atoms with Crippen molar-refractivity contribution in [2.24, 2.45) is 0 Å². The highest BCUT2D eigenvalue weighted by Crippen LogP contribution is 2.27. The molecule has 1 heterocycles. The number of fused-ring (bicyclic) bond motifs is 1. The van der Waals surface area contributed by atoms with Gasteiger partial charge in [-0.15, -0.1) is 0 Å². The van der Waals surface area contributed by atoms with Gasteiger partial charge in [-0.3, -0.25) is 9.59 Å². The second-order valence-electron chi connectivity index (χ2n) is 5.02. The minimum absolute atomic E-state index is 0.250. The molecule has 1 amide bonds. The number of aromatic nitrogens is 1. The number of anilines is 1. The van der Waals surface area contributed by atoms with Gasteiger partial charge in [0.2, 0.25) is 0 Å². The number of ether oxygens (including phenoxy) is 1. The molecule has 5 nitrogen and oxygen atoms in total. The molecule has 0 radical (unpaired) electrons. The van der Waals surface area contributed by atoms with Gasteiger partial charge in [-0.25, -0.2) is 0 Å². The maximum absolute atomic E-state index is 12.5. The summed E-state index contributed by atoms with van der Waals surface area (Å²) in [6, 6.07) is 9.84. The number of aromatic amines is 1. The van der Waals surface area contributed by atoms with Crippen molar-refractivity contribution in [1.82, 2.24) is 4.98 Å². The third kappa shape index (κ3) is 3.09. The van der Waals surface area contributed by atoms with E-state index in [1.165, 1.54) is 19.4 Å². The number of amides is 1. The van der Waals surface area contributed by atoms with Gasteiger partial charge in [-0.05, 0) is 36.4 Å². The molecule has 0 saturated heterocycles. The van der Waals surface area contributed by atoms with E-state index in [4.69, 9.17) is 27.9 Å². The number of benzene rings is 2. The van der Waals surface area contributed by atoms with Crippen LogP contribution < -0.4 is 10.1 Å². The van der Waals surface area contributed by atoms with Gasteiger partial charge in [0.25, 0.3) is 11.7 Å². The minimum atomic E-state index is -0.803. The highest BCUT2D eigenvalue weighted by Gasteiger charge is 2.21. The summed E-state index contributed by atoms with van der Waals surface area (Å²) >= 11 is 11.9. The Morgan fingerprint density at radius 1 is 1.12 bits per heavy atom. The zero-order valence-electron chi connectivity index (χ0n) is 12.5. The average molecular weight is 363 g/mol. The molecule has 0 saturated carbocycles. The normalized spacial score (nSPS) is 10.6. The predicted octanol–water partition coefficient (Wildman–Crippen LogP) is 4.30. The first-order chi connectivity index (χ1) is 11.5. The maximum atomic E-state index is 12.5. The van der Waals surface area contributed by atoms with Crippen LogP contribution in [-0.4, -0.2) is 23.8 Å². The summed E-state index contributed by atoms with van der Waals surface area (Å²) in [4.78, 5) is 27.7. The lowest BCUT2D eigenvalue weighted by Crippen LogP contribution is -2.22. The molecular formula is C17H12Cl2N2O3. The monoisotopic (exact) mass is 362 g/mol. The van der Waals surface area contributed by atoms with Crippen molar-refractivity contribution in [2.75, 3.05) is 12.4 Å². The lowest BCUT2D eigenvalue weighted by atomic mass is 10.1. The predicted molar refractivity (Wildman–Crippen MR) is 94.3 cm³/mol. The van der Waals surface area contributed by atoms with E-state index < -0.39 is 11.7 Å². The average Bonchev–Trinajstić information content (AvgIpc) is 3.00. The Labute approximate surface area is 147 Å². The number of carbonyl (C=O) groups is 2. The molecule has 7 heteroatoms. The van der Waals surface area contributed by atoms with Crippen LogP contribution in [0.4, 0.5) is 5.69 Å². The second kappa shape index (κ2) is 6.55. The van der Waals surface area contributed by atoms with Crippen LogP contribution >= 0.6 is 23.2 Å². The number of carbonyl (C=O) groups excluding carboxylic acids is 2. The Hall–Kier alpha value is -2.50. The second-order valence-corrected chi connectivity index (χ2v) is 5.86. The van der Waals surface area contributed by atoms with Gasteiger partial charge in [0.05, 0.1) is 23.4 Å². The third-order valence-electron chi connectivity index (χ3n) is 3.52. The summed E-state index contributed by atoms with van der Waals surface area (Å²) in [5, 5.41) is 3.78. The third-order valence-corrected chi connectivity index (χ3v) is 4.08. The van der Waals surface area contributed by atoms with Gasteiger partial charge >= 0.3 is 0 Å². The first-order valence-electron chi connectivity index (χ1n) is 6.95. The standard InChI is InChI=1S/C17H12Cl2N2O3/c1-24-10-3-5-14-11(7-10)12(8-20-14)16(22)17(23)21-15-6-9(18)2-4-13(15)19/h2-8,20H,1H3,(H,21,23). The number of nitrogens with one attached hydrogen (secondary N) is 2. The van der Waals surface area contributed by atoms with Crippen molar-refractivity contribution in [2.45, 2.75) is 0 Å². The van der Waals surface area contributed by atoms with Gasteiger partial charge < -0.3 is 15.0 Å². The summed E-state index contributed by atoms with van der Waals surface area (Å²) in [6.45, 7) is 0. The first-order valence-corrected chi connectivity index (χ1v) is 7.71. The summed E-state index contributed by atoms with van der Waals surface area (Å²) in [6.07, 6.45) is 1.49. The van der Waals surface area contributed by atoms with E-state index in [1.54, 1.807) is 30.3 Å². The molecule has 0 unspecified atom stereocenters. The molecule has 2 N–H and O–H groups in total. The van der Waals surface area contributed by atoms with E-state index in [0.29, 0.717) is 21.2 Å². The topological polar surface area (TPSA) is 71.2 Å². The quantitative estimate of drug-likeness (QED) is 0.536. The lowest BCUT2D eigenvalue weighted by molar-refractivity contribution is -0.112. The fourth-order valence-corrected chi connectivity index (χ4v) is 2.65. The Morgan fingerprint density at radius 3 is 2.67 bits per heavy atom. The molecular weight excluding hydrogens is 351 g/mol. The molecule has 0 fully saturated rings. The molecule has 24 heavy (non-hydrogen) atoms. The molecule has 2 aromatic carbocycles. The van der Waals surface area contributed by atoms with Gasteiger partial charge in [-0.1, -0.05) is 23.2 Å². The summed E-state index contributed by atoms with van der Waals surface area (Å²) in [5.74, 6) is -0.900. The first kappa shape index (κ1) is 16.4. The Bertz CT molecular complexity index is 950. The van der Waals surface area contributed by atoms with Crippen LogP contribution in [0.25, 0.3) is 10.9 Å². The van der Waals surface area contributed by atoms with Crippen molar-refractivity contribution in [3.63, 3.8) is 0 Å². The Kier molecular flexibility index (Phi) is 4.46. The summed E-state index contributed by atoms with van der Waals surface area (Å²) in [7, 11) is 1.53. The number of methoxy groups -OCH3 is 1. The van der Waals surface area contributed by atoms with E-state index >= 15 is 0 Å². The highest BCUT2D eigenvalue weighted by molar-refractivity contribution is 6.49. The van der Waals surface area contributed by atoms with Crippen LogP contribution in [-0.2, 0) is 4.79 Å². The number of Topliss-reactive ketones (excluding diaryl/α,β-unsaturated/α-hetero) is 1. The zero-order valence-corrected chi connectivity index (χ0v) is 14.0. The van der Waals surface area contributed by atoms with Crippen LogP contribution in [0.1, 0.15) is 10.4 Å². The van der Waals surface area contributed by atoms with E-state index in [1.807, 2.05) is 0 Å². The molecule has 3 aromatic rings. The van der Waals surface area contributed by atoms with Crippen molar-refractivity contribution in [3.8, 4) is 5.75 Å². The van der Waals surface area contributed by atoms with E-state index in [9.17, 15) is 9.59 Å². The molecule has 0 aliphatic rings. The number of halogens is 2. The Morgan fingerprint density at radius 2 is 1.92 bits per heavy atom. The number of hydrogen-bond acceptors (Lipinski definition) is 3. The smallest absolute Gasteiger partial charge is 0.296 e. The lowest BCUT2D eigenvalue weighted by Gasteiger charge is -2.07. The van der Waals surface area contributed by atoms with Crippen molar-refractivity contribution in [1.29, 1.82) is 0 Å².